The Balaban J connectivity index is 2.26. The molecule has 2 rings (SSSR count). The molecule has 0 aliphatic heterocycles. The quantitative estimate of drug-likeness (QED) is 0.908. The summed E-state index contributed by atoms with van der Waals surface area (Å²) in [6, 6.07) is 13.2. The standard InChI is InChI=1S/C14H13ClN2O3S/c1-21(19,20)17-11-7-8-13(15)12(9-11)14(18)16-10-5-3-2-4-6-10/h2-9,17H,1H3,(H,16,18). The molecule has 21 heavy (non-hydrogen) atoms. The molecule has 0 radical (unpaired) electrons. The summed E-state index contributed by atoms with van der Waals surface area (Å²) in [5, 5.41) is 2.93. The molecule has 7 heteroatoms. The Kier molecular flexibility index (Phi) is 4.50. The smallest absolute Gasteiger partial charge is 0.257 e. The first kappa shape index (κ1) is 15.3. The number of anilines is 2. The van der Waals surface area contributed by atoms with Gasteiger partial charge in [-0.1, -0.05) is 29.8 Å². The van der Waals surface area contributed by atoms with Gasteiger partial charge in [0.15, 0.2) is 0 Å². The second-order valence-corrected chi connectivity index (χ2v) is 6.54. The van der Waals surface area contributed by atoms with Crippen LogP contribution in [0.15, 0.2) is 48.5 Å². The molecule has 5 nitrogen and oxygen atoms in total. The van der Waals surface area contributed by atoms with Gasteiger partial charge >= 0.3 is 0 Å². The van der Waals surface area contributed by atoms with Crippen LogP contribution in [-0.2, 0) is 10.0 Å². The van der Waals surface area contributed by atoms with E-state index in [1.807, 2.05) is 6.07 Å². The zero-order valence-electron chi connectivity index (χ0n) is 11.1. The fraction of sp³-hybridized carbons (Fsp3) is 0.0714. The number of benzene rings is 2. The molecule has 2 N–H and O–H groups in total. The van der Waals surface area contributed by atoms with Crippen molar-refractivity contribution in [1.29, 1.82) is 0 Å². The van der Waals surface area contributed by atoms with Gasteiger partial charge in [0.05, 0.1) is 16.8 Å². The fourth-order valence-corrected chi connectivity index (χ4v) is 2.46. The van der Waals surface area contributed by atoms with Crippen LogP contribution in [0.2, 0.25) is 5.02 Å². The van der Waals surface area contributed by atoms with Crippen molar-refractivity contribution >= 4 is 38.9 Å². The first-order valence-corrected chi connectivity index (χ1v) is 8.26. The predicted molar refractivity (Wildman–Crippen MR) is 84.3 cm³/mol. The summed E-state index contributed by atoms with van der Waals surface area (Å²) in [5.41, 5.74) is 1.09. The van der Waals surface area contributed by atoms with Crippen LogP contribution in [0.4, 0.5) is 11.4 Å². The average molecular weight is 325 g/mol. The van der Waals surface area contributed by atoms with E-state index in [0.29, 0.717) is 5.69 Å². The van der Waals surface area contributed by atoms with Crippen molar-refractivity contribution in [3.8, 4) is 0 Å². The summed E-state index contributed by atoms with van der Waals surface area (Å²) in [4.78, 5) is 12.2. The fourth-order valence-electron chi connectivity index (χ4n) is 1.70. The summed E-state index contributed by atoms with van der Waals surface area (Å²) >= 11 is 5.99. The van der Waals surface area contributed by atoms with Gasteiger partial charge in [0.25, 0.3) is 5.91 Å². The van der Waals surface area contributed by atoms with E-state index in [-0.39, 0.29) is 16.3 Å². The van der Waals surface area contributed by atoms with Crippen molar-refractivity contribution in [2.45, 2.75) is 0 Å². The molecule has 0 saturated carbocycles. The molecule has 0 atom stereocenters. The summed E-state index contributed by atoms with van der Waals surface area (Å²) < 4.78 is 24.7. The number of nitrogens with one attached hydrogen (secondary N) is 2. The Morgan fingerprint density at radius 2 is 1.71 bits per heavy atom. The summed E-state index contributed by atoms with van der Waals surface area (Å²) in [6.07, 6.45) is 1.03. The Morgan fingerprint density at radius 3 is 2.33 bits per heavy atom. The summed E-state index contributed by atoms with van der Waals surface area (Å²) in [5.74, 6) is -0.414. The monoisotopic (exact) mass is 324 g/mol. The maximum Gasteiger partial charge on any atom is 0.257 e. The van der Waals surface area contributed by atoms with E-state index in [9.17, 15) is 13.2 Å². The van der Waals surface area contributed by atoms with Gasteiger partial charge < -0.3 is 5.32 Å². The summed E-state index contributed by atoms with van der Waals surface area (Å²) in [6.45, 7) is 0. The molecule has 0 saturated heterocycles. The SMILES string of the molecule is CS(=O)(=O)Nc1ccc(Cl)c(C(=O)Nc2ccccc2)c1. The molecule has 0 unspecified atom stereocenters. The number of hydrogen-bond acceptors (Lipinski definition) is 3. The number of amides is 1. The van der Waals surface area contributed by atoms with Gasteiger partial charge in [0, 0.05) is 11.4 Å². The minimum atomic E-state index is -3.42. The second-order valence-electron chi connectivity index (χ2n) is 4.39. The Hall–Kier alpha value is -2.05. The van der Waals surface area contributed by atoms with E-state index in [1.165, 1.54) is 18.2 Å². The van der Waals surface area contributed by atoms with E-state index in [4.69, 9.17) is 11.6 Å². The Morgan fingerprint density at radius 1 is 1.05 bits per heavy atom. The molecule has 0 bridgehead atoms. The molecule has 2 aromatic carbocycles. The topological polar surface area (TPSA) is 75.3 Å². The van der Waals surface area contributed by atoms with Crippen LogP contribution in [0.25, 0.3) is 0 Å². The van der Waals surface area contributed by atoms with Gasteiger partial charge in [-0.15, -0.1) is 0 Å². The van der Waals surface area contributed by atoms with Crippen LogP contribution in [0.1, 0.15) is 10.4 Å². The van der Waals surface area contributed by atoms with Crippen molar-refractivity contribution in [2.24, 2.45) is 0 Å². The Labute approximate surface area is 128 Å². The lowest BCUT2D eigenvalue weighted by Crippen LogP contribution is -2.14. The molecule has 110 valence electrons. The van der Waals surface area contributed by atoms with Gasteiger partial charge in [0.1, 0.15) is 0 Å². The van der Waals surface area contributed by atoms with Gasteiger partial charge in [0.2, 0.25) is 10.0 Å². The molecule has 0 spiro atoms. The molecule has 0 fully saturated rings. The minimum absolute atomic E-state index is 0.189. The predicted octanol–water partition coefficient (Wildman–Crippen LogP) is 2.96. The second kappa shape index (κ2) is 6.15. The molecular weight excluding hydrogens is 312 g/mol. The average Bonchev–Trinajstić information content (AvgIpc) is 2.40. The largest absolute Gasteiger partial charge is 0.322 e. The third-order valence-electron chi connectivity index (χ3n) is 2.55. The third-order valence-corrected chi connectivity index (χ3v) is 3.48. The number of carbonyl (C=O) groups excluding carboxylic acids is 1. The van der Waals surface area contributed by atoms with Crippen molar-refractivity contribution in [2.75, 3.05) is 16.3 Å². The normalized spacial score (nSPS) is 11.0. The third kappa shape index (κ3) is 4.47. The molecule has 0 aromatic heterocycles. The molecular formula is C14H13ClN2O3S. The van der Waals surface area contributed by atoms with Crippen LogP contribution in [0.3, 0.4) is 0 Å². The van der Waals surface area contributed by atoms with E-state index < -0.39 is 15.9 Å². The van der Waals surface area contributed by atoms with E-state index in [0.717, 1.165) is 6.26 Å². The van der Waals surface area contributed by atoms with E-state index >= 15 is 0 Å². The van der Waals surface area contributed by atoms with Crippen molar-refractivity contribution in [3.63, 3.8) is 0 Å². The van der Waals surface area contributed by atoms with Crippen LogP contribution >= 0.6 is 11.6 Å². The highest BCUT2D eigenvalue weighted by molar-refractivity contribution is 7.92. The number of carbonyl (C=O) groups is 1. The maximum atomic E-state index is 12.2. The van der Waals surface area contributed by atoms with Crippen LogP contribution in [0, 0.1) is 0 Å². The number of halogens is 1. The van der Waals surface area contributed by atoms with Crippen LogP contribution in [0.5, 0.6) is 0 Å². The number of sulfonamides is 1. The van der Waals surface area contributed by atoms with E-state index in [2.05, 4.69) is 10.0 Å². The number of para-hydroxylation sites is 1. The first-order valence-electron chi connectivity index (χ1n) is 5.99. The van der Waals surface area contributed by atoms with Crippen molar-refractivity contribution < 1.29 is 13.2 Å². The van der Waals surface area contributed by atoms with Crippen LogP contribution < -0.4 is 10.0 Å². The zero-order valence-corrected chi connectivity index (χ0v) is 12.7. The van der Waals surface area contributed by atoms with Crippen molar-refractivity contribution in [3.05, 3.63) is 59.1 Å². The van der Waals surface area contributed by atoms with Gasteiger partial charge in [-0.3, -0.25) is 9.52 Å². The molecule has 2 aromatic rings. The number of hydrogen-bond donors (Lipinski definition) is 2. The van der Waals surface area contributed by atoms with Crippen LogP contribution in [-0.4, -0.2) is 20.6 Å². The zero-order chi connectivity index (χ0) is 15.5. The number of rotatable bonds is 4. The van der Waals surface area contributed by atoms with Gasteiger partial charge in [-0.25, -0.2) is 8.42 Å². The lowest BCUT2D eigenvalue weighted by molar-refractivity contribution is 0.102. The highest BCUT2D eigenvalue weighted by Gasteiger charge is 2.13. The summed E-state index contributed by atoms with van der Waals surface area (Å²) in [7, 11) is -3.42. The first-order chi connectivity index (χ1) is 9.85. The van der Waals surface area contributed by atoms with Gasteiger partial charge in [-0.2, -0.15) is 0 Å². The molecule has 0 aliphatic carbocycles. The lowest BCUT2D eigenvalue weighted by atomic mass is 10.2. The molecule has 0 heterocycles. The van der Waals surface area contributed by atoms with Gasteiger partial charge in [-0.05, 0) is 30.3 Å². The highest BCUT2D eigenvalue weighted by Crippen LogP contribution is 2.22. The van der Waals surface area contributed by atoms with Crippen molar-refractivity contribution in [1.82, 2.24) is 0 Å². The minimum Gasteiger partial charge on any atom is -0.322 e. The molecule has 1 amide bonds. The molecule has 0 aliphatic rings. The highest BCUT2D eigenvalue weighted by atomic mass is 35.5. The Bertz CT molecular complexity index is 761. The van der Waals surface area contributed by atoms with E-state index in [1.54, 1.807) is 24.3 Å². The lowest BCUT2D eigenvalue weighted by Gasteiger charge is -2.09. The maximum absolute atomic E-state index is 12.2.